The molecule has 0 spiro atoms. The summed E-state index contributed by atoms with van der Waals surface area (Å²) >= 11 is 11.0. The molecule has 0 amide bonds. The first-order chi connectivity index (χ1) is 11.4. The van der Waals surface area contributed by atoms with Gasteiger partial charge in [0.05, 0.1) is 17.4 Å². The second kappa shape index (κ2) is 6.72. The summed E-state index contributed by atoms with van der Waals surface area (Å²) in [6.45, 7) is 0. The van der Waals surface area contributed by atoms with Crippen molar-refractivity contribution in [2.24, 2.45) is 5.92 Å². The molecule has 2 atom stereocenters. The molecule has 24 heavy (non-hydrogen) atoms. The van der Waals surface area contributed by atoms with Crippen LogP contribution in [0, 0.1) is 5.92 Å². The Morgan fingerprint density at radius 3 is 2.29 bits per heavy atom. The number of benzene rings is 2. The number of fused-ring (bicyclic) bond motifs is 3. The second-order valence-electron chi connectivity index (χ2n) is 5.52. The Hall–Kier alpha value is -1.61. The summed E-state index contributed by atoms with van der Waals surface area (Å²) in [5, 5.41) is -0.931. The van der Waals surface area contributed by atoms with E-state index in [1.165, 1.54) is 0 Å². The van der Waals surface area contributed by atoms with Crippen molar-refractivity contribution in [3.8, 4) is 16.9 Å². The number of hydrogen-bond donors (Lipinski definition) is 0. The van der Waals surface area contributed by atoms with Crippen LogP contribution in [0.2, 0.25) is 0 Å². The highest BCUT2D eigenvalue weighted by molar-refractivity contribution is 7.67. The van der Waals surface area contributed by atoms with Crippen molar-refractivity contribution in [2.75, 3.05) is 6.16 Å². The van der Waals surface area contributed by atoms with E-state index in [-0.39, 0.29) is 12.6 Å². The predicted molar refractivity (Wildman–Crippen MR) is 94.4 cm³/mol. The average molecular weight is 383 g/mol. The highest BCUT2D eigenvalue weighted by Gasteiger charge is 2.39. The summed E-state index contributed by atoms with van der Waals surface area (Å²) in [5.41, 5.74) is 1.63. The number of halogens is 2. The van der Waals surface area contributed by atoms with E-state index < -0.39 is 23.8 Å². The molecule has 0 bridgehead atoms. The van der Waals surface area contributed by atoms with Gasteiger partial charge in [0.2, 0.25) is 10.5 Å². The molecule has 4 nitrogen and oxygen atoms in total. The molecular formula is C17H13Cl2O4P. The maximum absolute atomic E-state index is 13.5. The minimum atomic E-state index is -3.42. The SMILES string of the molecule is O=C(Cl)CC(CP1(=O)Oc2ccccc2-c2ccccc21)C(=O)Cl. The van der Waals surface area contributed by atoms with Crippen molar-refractivity contribution in [3.63, 3.8) is 0 Å². The summed E-state index contributed by atoms with van der Waals surface area (Å²) in [5.74, 6) is -0.474. The van der Waals surface area contributed by atoms with Crippen LogP contribution in [-0.2, 0) is 14.2 Å². The van der Waals surface area contributed by atoms with Crippen LogP contribution in [0.15, 0.2) is 48.5 Å². The Morgan fingerprint density at radius 1 is 1.00 bits per heavy atom. The molecule has 0 radical (unpaired) electrons. The number of para-hydroxylation sites is 1. The Morgan fingerprint density at radius 2 is 1.62 bits per heavy atom. The van der Waals surface area contributed by atoms with Crippen molar-refractivity contribution in [2.45, 2.75) is 6.42 Å². The van der Waals surface area contributed by atoms with Gasteiger partial charge < -0.3 is 4.52 Å². The van der Waals surface area contributed by atoms with Gasteiger partial charge in [-0.1, -0.05) is 36.4 Å². The summed E-state index contributed by atoms with van der Waals surface area (Å²) in [6, 6.07) is 14.4. The van der Waals surface area contributed by atoms with E-state index in [9.17, 15) is 14.2 Å². The van der Waals surface area contributed by atoms with E-state index in [1.807, 2.05) is 24.3 Å². The van der Waals surface area contributed by atoms with E-state index in [4.69, 9.17) is 27.7 Å². The topological polar surface area (TPSA) is 60.4 Å². The molecule has 0 aromatic heterocycles. The molecule has 2 aromatic carbocycles. The smallest absolute Gasteiger partial charge is 0.278 e. The van der Waals surface area contributed by atoms with Crippen LogP contribution in [-0.4, -0.2) is 16.6 Å². The summed E-state index contributed by atoms with van der Waals surface area (Å²) < 4.78 is 19.3. The summed E-state index contributed by atoms with van der Waals surface area (Å²) in [7, 11) is -3.42. The first-order valence-corrected chi connectivity index (χ1v) is 9.82. The third kappa shape index (κ3) is 3.27. The minimum Gasteiger partial charge on any atom is -0.439 e. The zero-order valence-corrected chi connectivity index (χ0v) is 14.9. The monoisotopic (exact) mass is 382 g/mol. The third-order valence-corrected chi connectivity index (χ3v) is 6.88. The van der Waals surface area contributed by atoms with Gasteiger partial charge in [0, 0.05) is 12.0 Å². The van der Waals surface area contributed by atoms with E-state index in [0.29, 0.717) is 11.1 Å². The Balaban J connectivity index is 2.06. The fraction of sp³-hybridized carbons (Fsp3) is 0.176. The summed E-state index contributed by atoms with van der Waals surface area (Å²) in [4.78, 5) is 22.8. The van der Waals surface area contributed by atoms with Crippen LogP contribution < -0.4 is 9.83 Å². The second-order valence-corrected chi connectivity index (χ2v) is 8.69. The van der Waals surface area contributed by atoms with Gasteiger partial charge in [-0.05, 0) is 40.9 Å². The molecule has 0 saturated heterocycles. The van der Waals surface area contributed by atoms with Crippen molar-refractivity contribution in [1.29, 1.82) is 0 Å². The van der Waals surface area contributed by atoms with E-state index in [2.05, 4.69) is 0 Å². The number of carbonyl (C=O) groups excluding carboxylic acids is 2. The Labute approximate surface area is 149 Å². The number of rotatable bonds is 5. The summed E-state index contributed by atoms with van der Waals surface area (Å²) in [6.07, 6.45) is -0.444. The fourth-order valence-corrected chi connectivity index (χ4v) is 5.86. The maximum Gasteiger partial charge on any atom is 0.278 e. The predicted octanol–water partition coefficient (Wildman–Crippen LogP) is 4.19. The van der Waals surface area contributed by atoms with Crippen molar-refractivity contribution in [1.82, 2.24) is 0 Å². The molecule has 124 valence electrons. The molecule has 0 N–H and O–H groups in total. The van der Waals surface area contributed by atoms with Crippen molar-refractivity contribution in [3.05, 3.63) is 48.5 Å². The van der Waals surface area contributed by atoms with Gasteiger partial charge >= 0.3 is 0 Å². The number of hydrogen-bond acceptors (Lipinski definition) is 4. The van der Waals surface area contributed by atoms with Gasteiger partial charge in [-0.25, -0.2) is 0 Å². The minimum absolute atomic E-state index is 0.168. The van der Waals surface area contributed by atoms with E-state index >= 15 is 0 Å². The van der Waals surface area contributed by atoms with Gasteiger partial charge in [0.1, 0.15) is 5.75 Å². The highest BCUT2D eigenvalue weighted by Crippen LogP contribution is 2.55. The van der Waals surface area contributed by atoms with Crippen molar-refractivity contribution >= 4 is 46.4 Å². The van der Waals surface area contributed by atoms with Crippen LogP contribution in [0.4, 0.5) is 0 Å². The fourth-order valence-electron chi connectivity index (χ4n) is 2.81. The van der Waals surface area contributed by atoms with Gasteiger partial charge in [0.25, 0.3) is 7.37 Å². The highest BCUT2D eigenvalue weighted by atomic mass is 35.5. The van der Waals surface area contributed by atoms with Crippen LogP contribution in [0.3, 0.4) is 0 Å². The maximum atomic E-state index is 13.5. The molecule has 1 aliphatic rings. The Kier molecular flexibility index (Phi) is 4.82. The van der Waals surface area contributed by atoms with Crippen molar-refractivity contribution < 1.29 is 18.7 Å². The largest absolute Gasteiger partial charge is 0.439 e. The molecular weight excluding hydrogens is 370 g/mol. The standard InChI is InChI=1S/C17H13Cl2O4P/c18-16(20)9-11(17(19)21)10-24(22)15-8-4-2-6-13(15)12-5-1-3-7-14(12)23-24/h1-8,11H,9-10H2. The Bertz CT molecular complexity index is 865. The first-order valence-electron chi connectivity index (χ1n) is 7.26. The lowest BCUT2D eigenvalue weighted by Crippen LogP contribution is -2.26. The molecule has 0 saturated carbocycles. The quantitative estimate of drug-likeness (QED) is 0.574. The molecule has 1 aliphatic heterocycles. The van der Waals surface area contributed by atoms with E-state index in [0.717, 1.165) is 11.1 Å². The molecule has 1 heterocycles. The lowest BCUT2D eigenvalue weighted by Gasteiger charge is -2.30. The van der Waals surface area contributed by atoms with Gasteiger partial charge in [-0.15, -0.1) is 0 Å². The lowest BCUT2D eigenvalue weighted by atomic mass is 10.0. The number of carbonyl (C=O) groups is 2. The van der Waals surface area contributed by atoms with Crippen LogP contribution in [0.1, 0.15) is 6.42 Å². The molecule has 3 rings (SSSR count). The molecule has 2 unspecified atom stereocenters. The zero-order chi connectivity index (χ0) is 17.3. The first kappa shape index (κ1) is 17.2. The third-order valence-electron chi connectivity index (χ3n) is 3.88. The molecule has 2 aromatic rings. The van der Waals surface area contributed by atoms with Gasteiger partial charge in [0.15, 0.2) is 0 Å². The molecule has 7 heteroatoms. The average Bonchev–Trinajstić information content (AvgIpc) is 2.54. The van der Waals surface area contributed by atoms with Crippen LogP contribution in [0.25, 0.3) is 11.1 Å². The zero-order valence-electron chi connectivity index (χ0n) is 12.4. The normalized spacial score (nSPS) is 19.6. The van der Waals surface area contributed by atoms with Crippen LogP contribution >= 0.6 is 30.6 Å². The lowest BCUT2D eigenvalue weighted by molar-refractivity contribution is -0.119. The van der Waals surface area contributed by atoms with Gasteiger partial charge in [-0.3, -0.25) is 14.2 Å². The van der Waals surface area contributed by atoms with E-state index in [1.54, 1.807) is 24.3 Å². The van der Waals surface area contributed by atoms with Crippen LogP contribution in [0.5, 0.6) is 5.75 Å². The van der Waals surface area contributed by atoms with Gasteiger partial charge in [-0.2, -0.15) is 0 Å². The molecule has 0 fully saturated rings. The molecule has 0 aliphatic carbocycles.